The number of ketones is 1. The zero-order valence-corrected chi connectivity index (χ0v) is 23.3. The van der Waals surface area contributed by atoms with Crippen LogP contribution in [0.1, 0.15) is 53.4 Å². The summed E-state index contributed by atoms with van der Waals surface area (Å²) in [4.78, 5) is 36.0. The molecule has 0 bridgehead atoms. The summed E-state index contributed by atoms with van der Waals surface area (Å²) in [5, 5.41) is 0. The molecule has 0 heterocycles. The Morgan fingerprint density at radius 1 is 1.14 bits per heavy atom. The first kappa shape index (κ1) is 26.6. The lowest BCUT2D eigenvalue weighted by atomic mass is 9.45. The van der Waals surface area contributed by atoms with Gasteiger partial charge in [-0.05, 0) is 75.9 Å². The van der Waals surface area contributed by atoms with Crippen molar-refractivity contribution >= 4 is 26.0 Å². The molecule has 0 aliphatic heterocycles. The van der Waals surface area contributed by atoms with Gasteiger partial charge in [0.05, 0.1) is 0 Å². The maximum absolute atomic E-state index is 17.7. The molecule has 196 valence electrons. The quantitative estimate of drug-likeness (QED) is 0.264. The SMILES string of the molecule is CC(=O)OC=C(O[Si](C)(C)C)C1=CC[C@H]2[C@@H]3CCC4=CC(=O)C=C[C@]4(C)[C@@]3(F)C(OC(C)=O)C[C@]12C. The van der Waals surface area contributed by atoms with E-state index in [1.165, 1.54) is 26.2 Å². The lowest BCUT2D eigenvalue weighted by Crippen LogP contribution is -2.67. The fraction of sp³-hybridized carbons (Fsp3) is 0.607. The van der Waals surface area contributed by atoms with E-state index in [1.807, 2.05) is 26.6 Å². The van der Waals surface area contributed by atoms with Crippen molar-refractivity contribution in [2.75, 3.05) is 0 Å². The molecule has 2 fully saturated rings. The first-order chi connectivity index (χ1) is 16.6. The smallest absolute Gasteiger partial charge is 0.307 e. The van der Waals surface area contributed by atoms with Crippen molar-refractivity contribution in [3.63, 3.8) is 0 Å². The number of fused-ring (bicyclic) bond motifs is 5. The molecule has 6 nitrogen and oxygen atoms in total. The van der Waals surface area contributed by atoms with Crippen LogP contribution in [0.25, 0.3) is 0 Å². The minimum absolute atomic E-state index is 0.0697. The zero-order valence-electron chi connectivity index (χ0n) is 22.3. The highest BCUT2D eigenvalue weighted by Crippen LogP contribution is 2.69. The molecule has 0 amide bonds. The Hall–Kier alpha value is -2.48. The van der Waals surface area contributed by atoms with Gasteiger partial charge in [0.2, 0.25) is 8.32 Å². The third kappa shape index (κ3) is 4.21. The number of esters is 2. The van der Waals surface area contributed by atoms with Gasteiger partial charge in [-0.1, -0.05) is 24.6 Å². The van der Waals surface area contributed by atoms with Crippen LogP contribution in [0.3, 0.4) is 0 Å². The van der Waals surface area contributed by atoms with Gasteiger partial charge in [0.1, 0.15) is 18.1 Å². The second-order valence-corrected chi connectivity index (χ2v) is 16.4. The molecule has 4 aliphatic rings. The van der Waals surface area contributed by atoms with Gasteiger partial charge in [-0.25, -0.2) is 4.39 Å². The Bertz CT molecular complexity index is 1110. The number of alkyl halides is 1. The van der Waals surface area contributed by atoms with Gasteiger partial charge in [0.15, 0.2) is 11.5 Å². The number of carbonyl (C=O) groups excluding carboxylic acids is 3. The Labute approximate surface area is 213 Å². The van der Waals surface area contributed by atoms with Crippen LogP contribution in [-0.2, 0) is 28.3 Å². The van der Waals surface area contributed by atoms with Gasteiger partial charge in [-0.15, -0.1) is 0 Å². The Balaban J connectivity index is 1.80. The van der Waals surface area contributed by atoms with E-state index >= 15 is 4.39 Å². The molecule has 1 unspecified atom stereocenters. The van der Waals surface area contributed by atoms with E-state index in [4.69, 9.17) is 13.9 Å². The second kappa shape index (κ2) is 8.82. The standard InChI is InChI=1S/C28H37FO6Si/c1-17(30)33-16-24(35-36(5,6)7)23-11-10-21-22-9-8-19-14-20(32)12-13-27(19,4)28(22,29)25(34-18(2)31)15-26(21,23)3/h11-14,16,21-22,25H,8-10,15H2,1-7H3/t21-,22-,25?,26-,27-,28-/m0/s1. The summed E-state index contributed by atoms with van der Waals surface area (Å²) in [5.41, 5.74) is -1.83. The van der Waals surface area contributed by atoms with Gasteiger partial charge >= 0.3 is 11.9 Å². The number of rotatable bonds is 5. The van der Waals surface area contributed by atoms with Crippen molar-refractivity contribution in [1.82, 2.24) is 0 Å². The van der Waals surface area contributed by atoms with Crippen LogP contribution in [0.2, 0.25) is 19.6 Å². The molecule has 2 saturated carbocycles. The molecular weight excluding hydrogens is 479 g/mol. The molecule has 0 radical (unpaired) electrons. The van der Waals surface area contributed by atoms with Gasteiger partial charge < -0.3 is 13.9 Å². The third-order valence-corrected chi connectivity index (χ3v) is 9.35. The number of carbonyl (C=O) groups is 3. The Kier molecular flexibility index (Phi) is 6.51. The van der Waals surface area contributed by atoms with Gasteiger partial charge in [-0.2, -0.15) is 0 Å². The van der Waals surface area contributed by atoms with Gasteiger partial charge in [0.25, 0.3) is 0 Å². The molecule has 0 spiro atoms. The zero-order chi connectivity index (χ0) is 26.7. The summed E-state index contributed by atoms with van der Waals surface area (Å²) in [6.45, 7) is 12.7. The van der Waals surface area contributed by atoms with Crippen molar-refractivity contribution in [3.8, 4) is 0 Å². The number of ether oxygens (including phenoxy) is 2. The van der Waals surface area contributed by atoms with Crippen LogP contribution in [-0.4, -0.2) is 37.8 Å². The normalized spacial score (nSPS) is 37.7. The highest BCUT2D eigenvalue weighted by Gasteiger charge is 2.71. The summed E-state index contributed by atoms with van der Waals surface area (Å²) in [6.07, 6.45) is 9.15. The summed E-state index contributed by atoms with van der Waals surface area (Å²) < 4.78 is 35.1. The van der Waals surface area contributed by atoms with Gasteiger partial charge in [0, 0.05) is 30.6 Å². The van der Waals surface area contributed by atoms with Crippen LogP contribution in [0, 0.1) is 22.7 Å². The lowest BCUT2D eigenvalue weighted by Gasteiger charge is -2.62. The van der Waals surface area contributed by atoms with E-state index in [9.17, 15) is 14.4 Å². The van der Waals surface area contributed by atoms with E-state index in [2.05, 4.69) is 13.0 Å². The molecule has 0 aromatic rings. The molecule has 4 aliphatic carbocycles. The Morgan fingerprint density at radius 2 is 1.83 bits per heavy atom. The highest BCUT2D eigenvalue weighted by molar-refractivity contribution is 6.70. The predicted octanol–water partition coefficient (Wildman–Crippen LogP) is 5.72. The van der Waals surface area contributed by atoms with Crippen LogP contribution in [0.15, 0.2) is 47.5 Å². The average molecular weight is 517 g/mol. The largest absolute Gasteiger partial charge is 0.542 e. The van der Waals surface area contributed by atoms with E-state index < -0.39 is 48.8 Å². The number of halogens is 1. The first-order valence-electron chi connectivity index (χ1n) is 12.7. The minimum Gasteiger partial charge on any atom is -0.542 e. The third-order valence-electron chi connectivity index (χ3n) is 8.52. The van der Waals surface area contributed by atoms with Crippen LogP contribution < -0.4 is 0 Å². The van der Waals surface area contributed by atoms with Crippen molar-refractivity contribution in [1.29, 1.82) is 0 Å². The summed E-state index contributed by atoms with van der Waals surface area (Å²) in [7, 11) is -2.09. The maximum atomic E-state index is 17.7. The van der Waals surface area contributed by atoms with Crippen molar-refractivity contribution < 1.29 is 32.7 Å². The van der Waals surface area contributed by atoms with Crippen LogP contribution in [0.4, 0.5) is 4.39 Å². The number of allylic oxidation sites excluding steroid dienone is 6. The molecule has 0 aromatic heterocycles. The molecule has 0 saturated heterocycles. The second-order valence-electron chi connectivity index (χ2n) is 12.0. The predicted molar refractivity (Wildman–Crippen MR) is 136 cm³/mol. The lowest BCUT2D eigenvalue weighted by molar-refractivity contribution is -0.206. The molecular formula is C28H37FO6Si. The van der Waals surface area contributed by atoms with E-state index in [0.29, 0.717) is 25.0 Å². The number of hydrogen-bond acceptors (Lipinski definition) is 6. The van der Waals surface area contributed by atoms with Crippen LogP contribution in [0.5, 0.6) is 0 Å². The molecule has 6 atom stereocenters. The topological polar surface area (TPSA) is 78.9 Å². The van der Waals surface area contributed by atoms with Crippen molar-refractivity contribution in [2.24, 2.45) is 22.7 Å². The van der Waals surface area contributed by atoms with Crippen molar-refractivity contribution in [3.05, 3.63) is 47.5 Å². The van der Waals surface area contributed by atoms with Crippen LogP contribution >= 0.6 is 0 Å². The van der Waals surface area contributed by atoms with Crippen molar-refractivity contribution in [2.45, 2.75) is 84.8 Å². The summed E-state index contributed by atoms with van der Waals surface area (Å²) in [5.74, 6) is -1.10. The monoisotopic (exact) mass is 516 g/mol. The Morgan fingerprint density at radius 3 is 2.44 bits per heavy atom. The maximum Gasteiger partial charge on any atom is 0.307 e. The fourth-order valence-electron chi connectivity index (χ4n) is 7.06. The highest BCUT2D eigenvalue weighted by atomic mass is 28.4. The van der Waals surface area contributed by atoms with E-state index in [0.717, 1.165) is 11.1 Å². The van der Waals surface area contributed by atoms with E-state index in [1.54, 1.807) is 12.2 Å². The molecule has 4 rings (SSSR count). The van der Waals surface area contributed by atoms with E-state index in [-0.39, 0.29) is 18.1 Å². The number of hydrogen-bond donors (Lipinski definition) is 0. The molecule has 0 aromatic carbocycles. The summed E-state index contributed by atoms with van der Waals surface area (Å²) >= 11 is 0. The molecule has 0 N–H and O–H groups in total. The first-order valence-corrected chi connectivity index (χ1v) is 16.1. The fourth-order valence-corrected chi connectivity index (χ4v) is 7.88. The molecule has 8 heteroatoms. The molecule has 36 heavy (non-hydrogen) atoms. The average Bonchev–Trinajstić information content (AvgIpc) is 3.08. The summed E-state index contributed by atoms with van der Waals surface area (Å²) in [6, 6.07) is 0. The van der Waals surface area contributed by atoms with Gasteiger partial charge in [-0.3, -0.25) is 14.4 Å². The minimum atomic E-state index is -2.09.